The summed E-state index contributed by atoms with van der Waals surface area (Å²) in [4.78, 5) is 27.1. The van der Waals surface area contributed by atoms with Gasteiger partial charge in [-0.25, -0.2) is 4.68 Å². The molecular formula is C25H24IN3O4. The molecule has 0 unspecified atom stereocenters. The Bertz CT molecular complexity index is 1370. The Morgan fingerprint density at radius 2 is 1.88 bits per heavy atom. The number of fused-ring (bicyclic) bond motifs is 1. The predicted molar refractivity (Wildman–Crippen MR) is 134 cm³/mol. The van der Waals surface area contributed by atoms with Gasteiger partial charge in [-0.15, -0.1) is 0 Å². The van der Waals surface area contributed by atoms with Crippen LogP contribution < -0.4 is 15.6 Å². The number of aromatic amines is 1. The van der Waals surface area contributed by atoms with Crippen LogP contribution >= 0.6 is 22.6 Å². The minimum absolute atomic E-state index is 0.0262. The largest absolute Gasteiger partial charge is 0.504 e. The van der Waals surface area contributed by atoms with Crippen molar-refractivity contribution in [2.24, 2.45) is 5.41 Å². The lowest BCUT2D eigenvalue weighted by atomic mass is 9.69. The summed E-state index contributed by atoms with van der Waals surface area (Å²) in [5.41, 5.74) is 2.95. The summed E-state index contributed by atoms with van der Waals surface area (Å²) in [5, 5.41) is 17.0. The Labute approximate surface area is 204 Å². The van der Waals surface area contributed by atoms with Crippen LogP contribution in [0.25, 0.3) is 5.69 Å². The summed E-state index contributed by atoms with van der Waals surface area (Å²) in [6.07, 6.45) is 1.10. The zero-order chi connectivity index (χ0) is 23.5. The molecule has 7 nitrogen and oxygen atoms in total. The maximum atomic E-state index is 13.7. The summed E-state index contributed by atoms with van der Waals surface area (Å²) in [6.45, 7) is 4.15. The highest BCUT2D eigenvalue weighted by atomic mass is 127. The van der Waals surface area contributed by atoms with E-state index in [9.17, 15) is 14.7 Å². The summed E-state index contributed by atoms with van der Waals surface area (Å²) in [7, 11) is 1.49. The number of phenolic OH excluding ortho intramolecular Hbond substituents is 1. The average molecular weight is 557 g/mol. The number of H-pyrrole nitrogens is 1. The van der Waals surface area contributed by atoms with Crippen LogP contribution in [-0.4, -0.2) is 27.8 Å². The van der Waals surface area contributed by atoms with Crippen LogP contribution in [0, 0.1) is 8.99 Å². The first-order valence-corrected chi connectivity index (χ1v) is 11.8. The van der Waals surface area contributed by atoms with Crippen LogP contribution in [0.2, 0.25) is 0 Å². The van der Waals surface area contributed by atoms with Gasteiger partial charge in [0.2, 0.25) is 0 Å². The molecule has 0 amide bonds. The first-order chi connectivity index (χ1) is 15.7. The number of anilines is 1. The van der Waals surface area contributed by atoms with Crippen molar-refractivity contribution in [1.29, 1.82) is 0 Å². The highest BCUT2D eigenvalue weighted by Crippen LogP contribution is 2.49. The van der Waals surface area contributed by atoms with Gasteiger partial charge in [0.1, 0.15) is 5.82 Å². The highest BCUT2D eigenvalue weighted by molar-refractivity contribution is 14.1. The average Bonchev–Trinajstić information content (AvgIpc) is 3.10. The van der Waals surface area contributed by atoms with E-state index in [1.54, 1.807) is 6.07 Å². The third-order valence-electron chi connectivity index (χ3n) is 6.32. The lowest BCUT2D eigenvalue weighted by Gasteiger charge is -2.38. The number of rotatable bonds is 3. The van der Waals surface area contributed by atoms with E-state index in [1.165, 1.54) is 11.8 Å². The van der Waals surface area contributed by atoms with Crippen LogP contribution in [0.4, 0.5) is 5.82 Å². The van der Waals surface area contributed by atoms with Crippen molar-refractivity contribution in [2.75, 3.05) is 12.4 Å². The predicted octanol–water partition coefficient (Wildman–Crippen LogP) is 4.69. The Morgan fingerprint density at radius 3 is 2.58 bits per heavy atom. The van der Waals surface area contributed by atoms with Crippen molar-refractivity contribution < 1.29 is 14.6 Å². The zero-order valence-corrected chi connectivity index (χ0v) is 20.7. The molecule has 0 radical (unpaired) electrons. The van der Waals surface area contributed by atoms with Gasteiger partial charge in [-0.2, -0.15) is 0 Å². The number of ketones is 1. The van der Waals surface area contributed by atoms with Crippen molar-refractivity contribution in [3.8, 4) is 17.2 Å². The van der Waals surface area contributed by atoms with E-state index in [-0.39, 0.29) is 22.5 Å². The van der Waals surface area contributed by atoms with Gasteiger partial charge in [0.25, 0.3) is 5.56 Å². The number of hydrogen-bond acceptors (Lipinski definition) is 5. The second kappa shape index (κ2) is 7.79. The van der Waals surface area contributed by atoms with Crippen molar-refractivity contribution in [3.05, 3.63) is 78.8 Å². The van der Waals surface area contributed by atoms with Crippen LogP contribution in [0.15, 0.2) is 58.5 Å². The molecule has 2 heterocycles. The van der Waals surface area contributed by atoms with Crippen LogP contribution in [0.5, 0.6) is 11.5 Å². The number of Topliss-reactive ketones (excluding diaryl/α,β-unsaturated/α-hetero) is 1. The molecule has 0 bridgehead atoms. The number of methoxy groups -OCH3 is 1. The molecule has 3 N–H and O–H groups in total. The minimum atomic E-state index is -0.573. The number of hydrogen-bond donors (Lipinski definition) is 3. The molecule has 0 saturated heterocycles. The second-order valence-electron chi connectivity index (χ2n) is 9.32. The molecule has 1 aromatic heterocycles. The van der Waals surface area contributed by atoms with Gasteiger partial charge < -0.3 is 15.2 Å². The first-order valence-electron chi connectivity index (χ1n) is 10.7. The molecule has 0 saturated carbocycles. The smallest absolute Gasteiger partial charge is 0.277 e. The molecule has 170 valence electrons. The van der Waals surface area contributed by atoms with E-state index < -0.39 is 5.92 Å². The molecule has 0 fully saturated rings. The number of allylic oxidation sites excluding steroid dienone is 2. The number of carbonyl (C=O) groups excluding carboxylic acids is 1. The lowest BCUT2D eigenvalue weighted by Crippen LogP contribution is -2.35. The number of para-hydroxylation sites is 1. The minimum Gasteiger partial charge on any atom is -0.504 e. The second-order valence-corrected chi connectivity index (χ2v) is 10.5. The number of aromatic hydroxyl groups is 1. The summed E-state index contributed by atoms with van der Waals surface area (Å²) in [6, 6.07) is 12.9. The van der Waals surface area contributed by atoms with E-state index in [2.05, 4.69) is 24.3 Å². The number of carbonyl (C=O) groups is 1. The maximum Gasteiger partial charge on any atom is 0.277 e. The van der Waals surface area contributed by atoms with Crippen molar-refractivity contribution >= 4 is 34.2 Å². The van der Waals surface area contributed by atoms with Gasteiger partial charge in [-0.1, -0.05) is 32.0 Å². The third kappa shape index (κ3) is 3.56. The van der Waals surface area contributed by atoms with E-state index >= 15 is 0 Å². The molecule has 2 aliphatic rings. The normalized spacial score (nSPS) is 19.0. The van der Waals surface area contributed by atoms with Gasteiger partial charge in [0, 0.05) is 23.6 Å². The molecule has 8 heteroatoms. The number of aromatic nitrogens is 2. The Hall–Kier alpha value is -3.01. The number of nitrogens with zero attached hydrogens (tertiary/aromatic N) is 1. The Morgan fingerprint density at radius 1 is 1.15 bits per heavy atom. The number of halogens is 1. The Balaban J connectivity index is 1.78. The zero-order valence-electron chi connectivity index (χ0n) is 18.5. The molecule has 1 aliphatic heterocycles. The number of ether oxygens (including phenoxy) is 1. The molecule has 1 aliphatic carbocycles. The van der Waals surface area contributed by atoms with E-state index in [1.807, 2.05) is 59.0 Å². The van der Waals surface area contributed by atoms with Crippen molar-refractivity contribution in [1.82, 2.24) is 9.78 Å². The standard InChI is InChI=1S/C25H24IN3O4/c1-25(2)11-16-20(17(30)12-25)19(13-9-15(26)22(31)18(10-13)33-3)21-23(27-16)28-29(24(21)32)14-7-5-4-6-8-14/h4-10,19,27-28,31H,11-12H2,1-3H3/t19-/m1/s1. The number of benzene rings is 2. The van der Waals surface area contributed by atoms with Gasteiger partial charge >= 0.3 is 0 Å². The maximum absolute atomic E-state index is 13.7. The third-order valence-corrected chi connectivity index (χ3v) is 7.14. The van der Waals surface area contributed by atoms with Gasteiger partial charge in [0.15, 0.2) is 17.3 Å². The summed E-state index contributed by atoms with van der Waals surface area (Å²) >= 11 is 2.04. The SMILES string of the molecule is COc1cc([C@@H]2C3=C(CC(C)(C)CC3=O)Nc3[nH]n(-c4ccccc4)c(=O)c32)cc(I)c1O. The fourth-order valence-corrected chi connectivity index (χ4v) is 5.52. The van der Waals surface area contributed by atoms with Gasteiger partial charge in [0.05, 0.1) is 21.9 Å². The van der Waals surface area contributed by atoms with Crippen molar-refractivity contribution in [2.45, 2.75) is 32.6 Å². The quantitative estimate of drug-likeness (QED) is 0.407. The topological polar surface area (TPSA) is 96.4 Å². The fraction of sp³-hybridized carbons (Fsp3) is 0.280. The van der Waals surface area contributed by atoms with E-state index in [4.69, 9.17) is 4.74 Å². The first kappa shape index (κ1) is 21.8. The van der Waals surface area contributed by atoms with Crippen LogP contribution in [-0.2, 0) is 4.79 Å². The van der Waals surface area contributed by atoms with Crippen LogP contribution in [0.3, 0.4) is 0 Å². The Kier molecular flexibility index (Phi) is 5.15. The van der Waals surface area contributed by atoms with E-state index in [0.29, 0.717) is 44.8 Å². The fourth-order valence-electron chi connectivity index (χ4n) is 4.90. The number of phenols is 1. The molecule has 5 rings (SSSR count). The molecule has 33 heavy (non-hydrogen) atoms. The molecule has 1 atom stereocenters. The molecule has 2 aromatic carbocycles. The van der Waals surface area contributed by atoms with Gasteiger partial charge in [-0.3, -0.25) is 14.7 Å². The summed E-state index contributed by atoms with van der Waals surface area (Å²) < 4.78 is 7.47. The highest BCUT2D eigenvalue weighted by Gasteiger charge is 2.43. The lowest BCUT2D eigenvalue weighted by molar-refractivity contribution is -0.118. The summed E-state index contributed by atoms with van der Waals surface area (Å²) in [5.74, 6) is 0.383. The molecular weight excluding hydrogens is 533 g/mol. The number of nitrogens with one attached hydrogen (secondary N) is 2. The molecule has 3 aromatic rings. The molecule has 0 spiro atoms. The monoisotopic (exact) mass is 557 g/mol. The van der Waals surface area contributed by atoms with E-state index in [0.717, 1.165) is 11.3 Å². The van der Waals surface area contributed by atoms with Gasteiger partial charge in [-0.05, 0) is 64.3 Å². The van der Waals surface area contributed by atoms with Crippen molar-refractivity contribution in [3.63, 3.8) is 0 Å². The van der Waals surface area contributed by atoms with Crippen LogP contribution in [0.1, 0.15) is 43.7 Å².